The van der Waals surface area contributed by atoms with Gasteiger partial charge in [-0.15, -0.1) is 0 Å². The van der Waals surface area contributed by atoms with Crippen LogP contribution in [-0.4, -0.2) is 29.3 Å². The largest absolute Gasteiger partial charge is 0.393 e. The average molecular weight is 271 g/mol. The molecule has 1 fully saturated rings. The van der Waals surface area contributed by atoms with Gasteiger partial charge in [0.05, 0.1) is 6.10 Å². The van der Waals surface area contributed by atoms with Gasteiger partial charge in [-0.2, -0.15) is 0 Å². The maximum atomic E-state index is 9.43. The second-order valence-corrected chi connectivity index (χ2v) is 4.93. The van der Waals surface area contributed by atoms with Crippen LogP contribution in [0.2, 0.25) is 0 Å². The second kappa shape index (κ2) is 4.49. The van der Waals surface area contributed by atoms with Crippen LogP contribution in [0.15, 0.2) is 16.7 Å². The third-order valence-corrected chi connectivity index (χ3v) is 3.21. The molecule has 0 radical (unpaired) electrons. The van der Waals surface area contributed by atoms with Crippen molar-refractivity contribution in [1.82, 2.24) is 4.98 Å². The Kier molecular flexibility index (Phi) is 3.26. The van der Waals surface area contributed by atoms with Crippen LogP contribution in [0.1, 0.15) is 18.4 Å². The van der Waals surface area contributed by atoms with Crippen LogP contribution in [0.25, 0.3) is 0 Å². The van der Waals surface area contributed by atoms with Crippen LogP contribution >= 0.6 is 15.9 Å². The van der Waals surface area contributed by atoms with Crippen LogP contribution < -0.4 is 4.90 Å². The van der Waals surface area contributed by atoms with Gasteiger partial charge in [0.25, 0.3) is 0 Å². The summed E-state index contributed by atoms with van der Waals surface area (Å²) in [4.78, 5) is 6.67. The Morgan fingerprint density at radius 2 is 2.13 bits per heavy atom. The number of pyridine rings is 1. The summed E-state index contributed by atoms with van der Waals surface area (Å²) in [6.07, 6.45) is 3.39. The summed E-state index contributed by atoms with van der Waals surface area (Å²) in [5, 5.41) is 9.43. The highest BCUT2D eigenvalue weighted by Gasteiger charge is 2.19. The van der Waals surface area contributed by atoms with Crippen molar-refractivity contribution < 1.29 is 5.11 Å². The van der Waals surface area contributed by atoms with Crippen LogP contribution in [0, 0.1) is 6.92 Å². The molecule has 0 unspecified atom stereocenters. The molecule has 0 spiro atoms. The van der Waals surface area contributed by atoms with Gasteiger partial charge < -0.3 is 10.0 Å². The van der Waals surface area contributed by atoms with Gasteiger partial charge >= 0.3 is 0 Å². The Balaban J connectivity index is 2.15. The predicted octanol–water partition coefficient (Wildman–Crippen LogP) is 2.11. The normalized spacial score (nSPS) is 18.2. The SMILES string of the molecule is Cc1cc(Br)cnc1N1CCC(O)CC1. The molecule has 82 valence electrons. The van der Waals surface area contributed by atoms with E-state index in [1.54, 1.807) is 0 Å². The molecule has 0 aliphatic carbocycles. The van der Waals surface area contributed by atoms with E-state index < -0.39 is 0 Å². The fourth-order valence-electron chi connectivity index (χ4n) is 1.94. The maximum Gasteiger partial charge on any atom is 0.131 e. The molecular formula is C11H15BrN2O. The summed E-state index contributed by atoms with van der Waals surface area (Å²) >= 11 is 3.41. The lowest BCUT2D eigenvalue weighted by molar-refractivity contribution is 0.145. The minimum Gasteiger partial charge on any atom is -0.393 e. The number of aryl methyl sites for hydroxylation is 1. The van der Waals surface area contributed by atoms with Crippen molar-refractivity contribution in [3.8, 4) is 0 Å². The van der Waals surface area contributed by atoms with Crippen molar-refractivity contribution in [2.75, 3.05) is 18.0 Å². The molecule has 2 rings (SSSR count). The number of nitrogens with zero attached hydrogens (tertiary/aromatic N) is 2. The Labute approximate surface area is 98.3 Å². The highest BCUT2D eigenvalue weighted by molar-refractivity contribution is 9.10. The Morgan fingerprint density at radius 3 is 2.73 bits per heavy atom. The standard InChI is InChI=1S/C11H15BrN2O/c1-8-6-9(12)7-13-11(8)14-4-2-10(15)3-5-14/h6-7,10,15H,2-5H2,1H3. The van der Waals surface area contributed by atoms with Crippen molar-refractivity contribution >= 4 is 21.7 Å². The van der Waals surface area contributed by atoms with Gasteiger partial charge in [0, 0.05) is 23.8 Å². The van der Waals surface area contributed by atoms with E-state index in [1.165, 1.54) is 5.56 Å². The first-order valence-corrected chi connectivity index (χ1v) is 6.01. The molecule has 0 saturated carbocycles. The Hall–Kier alpha value is -0.610. The minimum atomic E-state index is -0.128. The molecule has 1 aliphatic rings. The quantitative estimate of drug-likeness (QED) is 0.850. The molecule has 0 atom stereocenters. The van der Waals surface area contributed by atoms with E-state index in [4.69, 9.17) is 0 Å². The maximum absolute atomic E-state index is 9.43. The molecule has 1 aromatic heterocycles. The number of piperidine rings is 1. The summed E-state index contributed by atoms with van der Waals surface area (Å²) in [5.41, 5.74) is 1.18. The first-order chi connectivity index (χ1) is 7.16. The van der Waals surface area contributed by atoms with Gasteiger partial charge in [-0.3, -0.25) is 0 Å². The first-order valence-electron chi connectivity index (χ1n) is 5.22. The number of hydrogen-bond donors (Lipinski definition) is 1. The minimum absolute atomic E-state index is 0.128. The van der Waals surface area contributed by atoms with Crippen LogP contribution in [0.5, 0.6) is 0 Å². The number of aliphatic hydroxyl groups excluding tert-OH is 1. The van der Waals surface area contributed by atoms with Gasteiger partial charge in [-0.25, -0.2) is 4.98 Å². The highest BCUT2D eigenvalue weighted by atomic mass is 79.9. The van der Waals surface area contributed by atoms with Gasteiger partial charge in [0.15, 0.2) is 0 Å². The number of aliphatic hydroxyl groups is 1. The fourth-order valence-corrected chi connectivity index (χ4v) is 2.39. The zero-order valence-electron chi connectivity index (χ0n) is 8.78. The Morgan fingerprint density at radius 1 is 1.47 bits per heavy atom. The molecule has 0 bridgehead atoms. The zero-order valence-corrected chi connectivity index (χ0v) is 10.4. The highest BCUT2D eigenvalue weighted by Crippen LogP contribution is 2.23. The summed E-state index contributed by atoms with van der Waals surface area (Å²) in [6, 6.07) is 2.08. The molecule has 1 aromatic rings. The summed E-state index contributed by atoms with van der Waals surface area (Å²) < 4.78 is 1.01. The monoisotopic (exact) mass is 270 g/mol. The lowest BCUT2D eigenvalue weighted by Crippen LogP contribution is -2.36. The predicted molar refractivity (Wildman–Crippen MR) is 64.1 cm³/mol. The second-order valence-electron chi connectivity index (χ2n) is 4.01. The van der Waals surface area contributed by atoms with Crippen molar-refractivity contribution in [2.45, 2.75) is 25.9 Å². The molecule has 0 aromatic carbocycles. The van der Waals surface area contributed by atoms with Gasteiger partial charge in [-0.1, -0.05) is 0 Å². The molecule has 4 heteroatoms. The summed E-state index contributed by atoms with van der Waals surface area (Å²) in [6.45, 7) is 3.87. The molecule has 1 saturated heterocycles. The number of hydrogen-bond acceptors (Lipinski definition) is 3. The van der Waals surface area contributed by atoms with Crippen molar-refractivity contribution in [3.05, 3.63) is 22.3 Å². The van der Waals surface area contributed by atoms with Gasteiger partial charge in [0.2, 0.25) is 0 Å². The lowest BCUT2D eigenvalue weighted by atomic mass is 10.1. The van der Waals surface area contributed by atoms with E-state index in [1.807, 2.05) is 6.20 Å². The fraction of sp³-hybridized carbons (Fsp3) is 0.545. The summed E-state index contributed by atoms with van der Waals surface area (Å²) in [5.74, 6) is 1.05. The third kappa shape index (κ3) is 2.49. The number of anilines is 1. The summed E-state index contributed by atoms with van der Waals surface area (Å²) in [7, 11) is 0. The molecule has 2 heterocycles. The molecule has 15 heavy (non-hydrogen) atoms. The van der Waals surface area contributed by atoms with Crippen LogP contribution in [0.3, 0.4) is 0 Å². The molecule has 0 amide bonds. The molecular weight excluding hydrogens is 256 g/mol. The van der Waals surface area contributed by atoms with E-state index in [9.17, 15) is 5.11 Å². The molecule has 1 N–H and O–H groups in total. The van der Waals surface area contributed by atoms with Crippen LogP contribution in [-0.2, 0) is 0 Å². The van der Waals surface area contributed by atoms with E-state index in [-0.39, 0.29) is 6.10 Å². The van der Waals surface area contributed by atoms with E-state index in [0.717, 1.165) is 36.2 Å². The van der Waals surface area contributed by atoms with E-state index in [2.05, 4.69) is 38.8 Å². The molecule has 3 nitrogen and oxygen atoms in total. The lowest BCUT2D eigenvalue weighted by Gasteiger charge is -2.31. The zero-order chi connectivity index (χ0) is 10.8. The first kappa shape index (κ1) is 10.9. The average Bonchev–Trinajstić information content (AvgIpc) is 2.20. The van der Waals surface area contributed by atoms with Crippen molar-refractivity contribution in [1.29, 1.82) is 0 Å². The molecule has 1 aliphatic heterocycles. The topological polar surface area (TPSA) is 36.4 Å². The third-order valence-electron chi connectivity index (χ3n) is 2.78. The number of aromatic nitrogens is 1. The van der Waals surface area contributed by atoms with E-state index >= 15 is 0 Å². The number of halogens is 1. The van der Waals surface area contributed by atoms with Crippen molar-refractivity contribution in [2.24, 2.45) is 0 Å². The van der Waals surface area contributed by atoms with Gasteiger partial charge in [0.1, 0.15) is 5.82 Å². The smallest absolute Gasteiger partial charge is 0.131 e. The Bertz CT molecular complexity index is 348. The van der Waals surface area contributed by atoms with Crippen LogP contribution in [0.4, 0.5) is 5.82 Å². The van der Waals surface area contributed by atoms with E-state index in [0.29, 0.717) is 0 Å². The van der Waals surface area contributed by atoms with Gasteiger partial charge in [-0.05, 0) is 47.3 Å². The van der Waals surface area contributed by atoms with Crippen molar-refractivity contribution in [3.63, 3.8) is 0 Å². The number of rotatable bonds is 1.